The third-order valence-electron chi connectivity index (χ3n) is 5.11. The van der Waals surface area contributed by atoms with Gasteiger partial charge in [0.2, 0.25) is 5.78 Å². The molecule has 0 aliphatic heterocycles. The van der Waals surface area contributed by atoms with Gasteiger partial charge in [0.25, 0.3) is 0 Å². The fourth-order valence-electron chi connectivity index (χ4n) is 3.44. The second-order valence-electron chi connectivity index (χ2n) is 7.66. The van der Waals surface area contributed by atoms with Crippen molar-refractivity contribution in [1.29, 1.82) is 0 Å². The van der Waals surface area contributed by atoms with Crippen LogP contribution >= 0.6 is 0 Å². The van der Waals surface area contributed by atoms with E-state index in [-0.39, 0.29) is 34.3 Å². The average Bonchev–Trinajstić information content (AvgIpc) is 2.79. The molecule has 0 bridgehead atoms. The third-order valence-corrected chi connectivity index (χ3v) is 5.11. The number of amides is 1. The van der Waals surface area contributed by atoms with Gasteiger partial charge in [-0.1, -0.05) is 24.6 Å². The van der Waals surface area contributed by atoms with Gasteiger partial charge in [-0.05, 0) is 49.9 Å². The van der Waals surface area contributed by atoms with E-state index in [0.717, 1.165) is 32.1 Å². The number of para-hydroxylation sites is 2. The molecule has 1 amide bonds. The zero-order chi connectivity index (χ0) is 23.1. The van der Waals surface area contributed by atoms with Crippen LogP contribution in [0.5, 0.6) is 11.5 Å². The second-order valence-corrected chi connectivity index (χ2v) is 7.66. The molecular formula is C24H25NO7. The molecule has 0 atom stereocenters. The minimum absolute atomic E-state index is 0.0125. The Kier molecular flexibility index (Phi) is 7.59. The van der Waals surface area contributed by atoms with Crippen LogP contribution in [0, 0.1) is 0 Å². The Morgan fingerprint density at radius 2 is 1.59 bits per heavy atom. The van der Waals surface area contributed by atoms with E-state index in [1.165, 1.54) is 49.3 Å². The van der Waals surface area contributed by atoms with Crippen LogP contribution in [0.2, 0.25) is 0 Å². The van der Waals surface area contributed by atoms with E-state index in [1.54, 1.807) is 12.1 Å². The molecule has 2 aromatic carbocycles. The molecule has 8 nitrogen and oxygen atoms in total. The fourth-order valence-corrected chi connectivity index (χ4v) is 3.44. The van der Waals surface area contributed by atoms with Crippen LogP contribution in [-0.2, 0) is 4.74 Å². The smallest absolute Gasteiger partial charge is 0.431 e. The van der Waals surface area contributed by atoms with Crippen LogP contribution in [0.3, 0.4) is 0 Å². The lowest BCUT2D eigenvalue weighted by molar-refractivity contribution is 0.0415. The first kappa shape index (κ1) is 23.0. The molecule has 1 fully saturated rings. The van der Waals surface area contributed by atoms with E-state index < -0.39 is 18.0 Å². The zero-order valence-corrected chi connectivity index (χ0v) is 18.0. The molecular weight excluding hydrogens is 414 g/mol. The first-order valence-electron chi connectivity index (χ1n) is 10.4. The molecule has 1 saturated carbocycles. The summed E-state index contributed by atoms with van der Waals surface area (Å²) in [5, 5.41) is 0. The fraction of sp³-hybridized carbons (Fsp3) is 0.333. The number of ether oxygens (including phenoxy) is 3. The molecule has 2 aromatic rings. The van der Waals surface area contributed by atoms with Gasteiger partial charge in [0.15, 0.2) is 12.0 Å². The Balaban J connectivity index is 1.87. The predicted octanol–water partition coefficient (Wildman–Crippen LogP) is 4.64. The summed E-state index contributed by atoms with van der Waals surface area (Å²) in [7, 11) is 2.96. The van der Waals surface area contributed by atoms with E-state index >= 15 is 0 Å². The summed E-state index contributed by atoms with van der Waals surface area (Å²) in [6, 6.07) is 10.6. The third kappa shape index (κ3) is 5.51. The highest BCUT2D eigenvalue weighted by molar-refractivity contribution is 6.13. The number of carbonyl (C=O) groups is 4. The summed E-state index contributed by atoms with van der Waals surface area (Å²) < 4.78 is 16.0. The standard InChI is InChI=1S/C24H25NO7/c1-25(2)23(28)32-22-16(15-26)9-8-13-19(22)21(27)18-12-6-7-14-20(18)31-24(29)30-17-10-4-3-5-11-17/h6-9,12-15,17H,3-5,10-11H2,1-2H3. The van der Waals surface area contributed by atoms with E-state index in [1.807, 2.05) is 0 Å². The zero-order valence-electron chi connectivity index (χ0n) is 18.0. The minimum atomic E-state index is -0.877. The van der Waals surface area contributed by atoms with Gasteiger partial charge in [-0.3, -0.25) is 9.59 Å². The van der Waals surface area contributed by atoms with Crippen molar-refractivity contribution < 1.29 is 33.4 Å². The van der Waals surface area contributed by atoms with Crippen LogP contribution in [0.25, 0.3) is 0 Å². The molecule has 8 heteroatoms. The van der Waals surface area contributed by atoms with Crippen LogP contribution in [0.15, 0.2) is 42.5 Å². The molecule has 3 rings (SSSR count). The lowest BCUT2D eigenvalue weighted by atomic mass is 9.98. The van der Waals surface area contributed by atoms with Crippen molar-refractivity contribution in [1.82, 2.24) is 4.90 Å². The van der Waals surface area contributed by atoms with Crippen LogP contribution in [-0.4, -0.2) is 49.4 Å². The molecule has 0 aromatic heterocycles. The van der Waals surface area contributed by atoms with Crippen molar-refractivity contribution in [2.24, 2.45) is 0 Å². The van der Waals surface area contributed by atoms with E-state index in [0.29, 0.717) is 6.29 Å². The molecule has 1 aliphatic rings. The van der Waals surface area contributed by atoms with E-state index in [4.69, 9.17) is 14.2 Å². The van der Waals surface area contributed by atoms with Crippen molar-refractivity contribution in [3.8, 4) is 11.5 Å². The molecule has 0 saturated heterocycles. The summed E-state index contributed by atoms with van der Waals surface area (Å²) in [6.45, 7) is 0. The normalized spacial score (nSPS) is 13.7. The Bertz CT molecular complexity index is 1010. The van der Waals surface area contributed by atoms with Crippen molar-refractivity contribution in [3.63, 3.8) is 0 Å². The van der Waals surface area contributed by atoms with Crippen LogP contribution < -0.4 is 9.47 Å². The summed E-state index contributed by atoms with van der Waals surface area (Å²) in [4.78, 5) is 50.4. The summed E-state index contributed by atoms with van der Waals surface area (Å²) in [5.41, 5.74) is 0.0981. The molecule has 0 heterocycles. The molecule has 1 aliphatic carbocycles. The Labute approximate surface area is 186 Å². The van der Waals surface area contributed by atoms with Crippen molar-refractivity contribution in [2.75, 3.05) is 14.1 Å². The van der Waals surface area contributed by atoms with Gasteiger partial charge < -0.3 is 19.1 Å². The SMILES string of the molecule is CN(C)C(=O)Oc1c(C=O)cccc1C(=O)c1ccccc1OC(=O)OC1CCCCC1. The molecule has 0 N–H and O–H groups in total. The first-order valence-corrected chi connectivity index (χ1v) is 10.4. The highest BCUT2D eigenvalue weighted by Gasteiger charge is 2.25. The van der Waals surface area contributed by atoms with Gasteiger partial charge in [0, 0.05) is 14.1 Å². The number of carbonyl (C=O) groups excluding carboxylic acids is 4. The number of ketones is 1. The predicted molar refractivity (Wildman–Crippen MR) is 115 cm³/mol. The lowest BCUT2D eigenvalue weighted by Crippen LogP contribution is -2.26. The topological polar surface area (TPSA) is 99.2 Å². The molecule has 168 valence electrons. The number of nitrogens with zero attached hydrogens (tertiary/aromatic N) is 1. The Morgan fingerprint density at radius 1 is 0.906 bits per heavy atom. The molecule has 32 heavy (non-hydrogen) atoms. The van der Waals surface area contributed by atoms with E-state index in [2.05, 4.69) is 0 Å². The maximum Gasteiger partial charge on any atom is 0.514 e. The summed E-state index contributed by atoms with van der Waals surface area (Å²) in [5.74, 6) is -0.721. The summed E-state index contributed by atoms with van der Waals surface area (Å²) >= 11 is 0. The second kappa shape index (κ2) is 10.6. The van der Waals surface area contributed by atoms with Crippen LogP contribution in [0.4, 0.5) is 9.59 Å². The quantitative estimate of drug-likeness (QED) is 0.280. The highest BCUT2D eigenvalue weighted by atomic mass is 16.7. The maximum absolute atomic E-state index is 13.3. The summed E-state index contributed by atoms with van der Waals surface area (Å²) in [6.07, 6.45) is 3.37. The average molecular weight is 439 g/mol. The van der Waals surface area contributed by atoms with Gasteiger partial charge in [-0.2, -0.15) is 0 Å². The van der Waals surface area contributed by atoms with Crippen molar-refractivity contribution >= 4 is 24.3 Å². The lowest BCUT2D eigenvalue weighted by Gasteiger charge is -2.21. The van der Waals surface area contributed by atoms with Crippen molar-refractivity contribution in [2.45, 2.75) is 38.2 Å². The number of aldehydes is 1. The van der Waals surface area contributed by atoms with Gasteiger partial charge >= 0.3 is 12.2 Å². The number of rotatable bonds is 6. The van der Waals surface area contributed by atoms with Gasteiger partial charge in [-0.25, -0.2) is 9.59 Å². The number of hydrogen-bond donors (Lipinski definition) is 0. The van der Waals surface area contributed by atoms with Gasteiger partial charge in [0.1, 0.15) is 11.9 Å². The largest absolute Gasteiger partial charge is 0.514 e. The Morgan fingerprint density at radius 3 is 2.28 bits per heavy atom. The van der Waals surface area contributed by atoms with Gasteiger partial charge in [-0.15, -0.1) is 0 Å². The number of benzene rings is 2. The van der Waals surface area contributed by atoms with E-state index in [9.17, 15) is 19.2 Å². The number of hydrogen-bond acceptors (Lipinski definition) is 7. The highest BCUT2D eigenvalue weighted by Crippen LogP contribution is 2.30. The maximum atomic E-state index is 13.3. The van der Waals surface area contributed by atoms with Crippen molar-refractivity contribution in [3.05, 3.63) is 59.2 Å². The molecule has 0 spiro atoms. The van der Waals surface area contributed by atoms with Gasteiger partial charge in [0.05, 0.1) is 16.7 Å². The molecule has 0 radical (unpaired) electrons. The monoisotopic (exact) mass is 439 g/mol. The first-order chi connectivity index (χ1) is 15.4. The molecule has 0 unspecified atom stereocenters. The minimum Gasteiger partial charge on any atom is -0.431 e. The Hall–Kier alpha value is -3.68. The van der Waals surface area contributed by atoms with Crippen LogP contribution in [0.1, 0.15) is 58.4 Å².